The first-order valence-corrected chi connectivity index (χ1v) is 6.28. The minimum Gasteiger partial charge on any atom is -0.308 e. The highest BCUT2D eigenvalue weighted by atomic mass is 32.1. The van der Waals surface area contributed by atoms with E-state index in [0.29, 0.717) is 12.6 Å². The quantitative estimate of drug-likeness (QED) is 0.870. The smallest absolute Gasteiger partial charge is 0.308 e. The van der Waals surface area contributed by atoms with E-state index in [4.69, 9.17) is 0 Å². The maximum absolute atomic E-state index is 12.9. The zero-order valence-corrected chi connectivity index (χ0v) is 10.5. The molecule has 0 unspecified atom stereocenters. The van der Waals surface area contributed by atoms with Crippen LogP contribution < -0.4 is 5.32 Å². The summed E-state index contributed by atoms with van der Waals surface area (Å²) in [5.74, 6) is -0.890. The minimum absolute atomic E-state index is 0.0209. The van der Waals surface area contributed by atoms with Crippen LogP contribution in [-0.2, 0) is 19.3 Å². The molecule has 7 heteroatoms. The molecule has 1 aromatic carbocycles. The molecule has 2 rings (SSSR count). The largest absolute Gasteiger partial charge is 0.416 e. The molecule has 19 heavy (non-hydrogen) atoms. The highest BCUT2D eigenvalue weighted by Gasteiger charge is 2.33. The first-order valence-electron chi connectivity index (χ1n) is 5.40. The fourth-order valence-corrected chi connectivity index (χ4v) is 2.18. The Bertz CT molecular complexity index is 537. The molecule has 0 saturated carbocycles. The van der Waals surface area contributed by atoms with Gasteiger partial charge >= 0.3 is 6.18 Å². The number of halogens is 4. The van der Waals surface area contributed by atoms with Gasteiger partial charge in [0.2, 0.25) is 0 Å². The fourth-order valence-electron chi connectivity index (χ4n) is 1.62. The van der Waals surface area contributed by atoms with Gasteiger partial charge < -0.3 is 5.32 Å². The van der Waals surface area contributed by atoms with Gasteiger partial charge in [-0.3, -0.25) is 4.98 Å². The first kappa shape index (κ1) is 14.0. The number of alkyl halides is 3. The molecule has 102 valence electrons. The van der Waals surface area contributed by atoms with E-state index >= 15 is 0 Å². The van der Waals surface area contributed by atoms with Gasteiger partial charge in [-0.1, -0.05) is 6.07 Å². The van der Waals surface area contributed by atoms with Crippen molar-refractivity contribution in [3.05, 3.63) is 51.7 Å². The molecule has 0 aliphatic heterocycles. The van der Waals surface area contributed by atoms with Crippen LogP contribution in [0.4, 0.5) is 17.6 Å². The zero-order valence-electron chi connectivity index (χ0n) is 9.67. The summed E-state index contributed by atoms with van der Waals surface area (Å²) >= 11 is 1.41. The Balaban J connectivity index is 2.07. The minimum atomic E-state index is -4.55. The summed E-state index contributed by atoms with van der Waals surface area (Å²) in [7, 11) is 0. The van der Waals surface area contributed by atoms with E-state index in [-0.39, 0.29) is 12.1 Å². The van der Waals surface area contributed by atoms with Crippen molar-refractivity contribution >= 4 is 11.3 Å². The SMILES string of the molecule is Fc1ccc(CNCc2cncs2)c(C(F)(F)F)c1. The van der Waals surface area contributed by atoms with E-state index in [1.54, 1.807) is 11.7 Å². The molecule has 0 amide bonds. The summed E-state index contributed by atoms with van der Waals surface area (Å²) < 4.78 is 51.1. The van der Waals surface area contributed by atoms with Gasteiger partial charge in [-0.05, 0) is 17.7 Å². The topological polar surface area (TPSA) is 24.9 Å². The molecular weight excluding hydrogens is 280 g/mol. The van der Waals surface area contributed by atoms with Crippen LogP contribution in [0, 0.1) is 5.82 Å². The van der Waals surface area contributed by atoms with Crippen LogP contribution >= 0.6 is 11.3 Å². The predicted molar refractivity (Wildman–Crippen MR) is 64.1 cm³/mol. The molecule has 0 atom stereocenters. The maximum atomic E-state index is 12.9. The van der Waals surface area contributed by atoms with Gasteiger partial charge in [0.05, 0.1) is 11.1 Å². The molecule has 1 aromatic heterocycles. The lowest BCUT2D eigenvalue weighted by Crippen LogP contribution is -2.17. The second-order valence-corrected chi connectivity index (χ2v) is 4.84. The third kappa shape index (κ3) is 3.74. The van der Waals surface area contributed by atoms with Crippen molar-refractivity contribution in [3.63, 3.8) is 0 Å². The average Bonchev–Trinajstić information content (AvgIpc) is 2.83. The number of benzene rings is 1. The lowest BCUT2D eigenvalue weighted by molar-refractivity contribution is -0.138. The summed E-state index contributed by atoms with van der Waals surface area (Å²) in [6, 6.07) is 2.69. The molecule has 0 saturated heterocycles. The normalized spacial score (nSPS) is 11.8. The van der Waals surface area contributed by atoms with Gasteiger partial charge in [0.1, 0.15) is 5.82 Å². The number of thiazole rings is 1. The molecule has 0 radical (unpaired) electrons. The molecule has 2 nitrogen and oxygen atoms in total. The molecular formula is C12H10F4N2S. The standard InChI is InChI=1S/C12H10F4N2S/c13-9-2-1-8(11(3-9)12(14,15)16)4-17-5-10-6-18-7-19-10/h1-3,6-7,17H,4-5H2. The van der Waals surface area contributed by atoms with E-state index in [1.165, 1.54) is 11.3 Å². The van der Waals surface area contributed by atoms with Gasteiger partial charge in [-0.25, -0.2) is 4.39 Å². The van der Waals surface area contributed by atoms with Gasteiger partial charge in [-0.15, -0.1) is 11.3 Å². The van der Waals surface area contributed by atoms with Crippen LogP contribution in [0.15, 0.2) is 29.9 Å². The van der Waals surface area contributed by atoms with Crippen molar-refractivity contribution in [2.45, 2.75) is 19.3 Å². The molecule has 0 aliphatic rings. The zero-order chi connectivity index (χ0) is 13.9. The Morgan fingerprint density at radius 1 is 1.21 bits per heavy atom. The van der Waals surface area contributed by atoms with Crippen molar-refractivity contribution in [2.24, 2.45) is 0 Å². The Kier molecular flexibility index (Phi) is 4.16. The highest BCUT2D eigenvalue weighted by Crippen LogP contribution is 2.32. The van der Waals surface area contributed by atoms with E-state index in [9.17, 15) is 17.6 Å². The maximum Gasteiger partial charge on any atom is 0.416 e. The van der Waals surface area contributed by atoms with Crippen LogP contribution in [0.3, 0.4) is 0 Å². The van der Waals surface area contributed by atoms with E-state index in [0.717, 1.165) is 17.0 Å². The van der Waals surface area contributed by atoms with Crippen molar-refractivity contribution in [1.82, 2.24) is 10.3 Å². The lowest BCUT2D eigenvalue weighted by atomic mass is 10.1. The Morgan fingerprint density at radius 3 is 2.63 bits per heavy atom. The second-order valence-electron chi connectivity index (χ2n) is 3.87. The van der Waals surface area contributed by atoms with E-state index in [2.05, 4.69) is 10.3 Å². The number of nitrogens with zero attached hydrogens (tertiary/aromatic N) is 1. The average molecular weight is 290 g/mol. The highest BCUT2D eigenvalue weighted by molar-refractivity contribution is 7.09. The van der Waals surface area contributed by atoms with Gasteiger partial charge in [0.25, 0.3) is 0 Å². The van der Waals surface area contributed by atoms with Crippen LogP contribution in [0.2, 0.25) is 0 Å². The monoisotopic (exact) mass is 290 g/mol. The summed E-state index contributed by atoms with van der Waals surface area (Å²) in [6.45, 7) is 0.451. The molecule has 2 aromatic rings. The Morgan fingerprint density at radius 2 is 2.00 bits per heavy atom. The molecule has 0 fully saturated rings. The fraction of sp³-hybridized carbons (Fsp3) is 0.250. The first-order chi connectivity index (χ1) is 8.97. The Labute approximate surface area is 111 Å². The van der Waals surface area contributed by atoms with Crippen molar-refractivity contribution in [1.29, 1.82) is 0 Å². The molecule has 0 bridgehead atoms. The second kappa shape index (κ2) is 5.66. The third-order valence-electron chi connectivity index (χ3n) is 2.48. The van der Waals surface area contributed by atoms with E-state index in [1.807, 2.05) is 0 Å². The van der Waals surface area contributed by atoms with Crippen molar-refractivity contribution < 1.29 is 17.6 Å². The summed E-state index contributed by atoms with van der Waals surface area (Å²) in [5, 5.41) is 2.88. The van der Waals surface area contributed by atoms with Crippen molar-refractivity contribution in [2.75, 3.05) is 0 Å². The van der Waals surface area contributed by atoms with Gasteiger partial charge in [-0.2, -0.15) is 13.2 Å². The summed E-state index contributed by atoms with van der Waals surface area (Å²) in [4.78, 5) is 4.79. The number of hydrogen-bond acceptors (Lipinski definition) is 3. The van der Waals surface area contributed by atoms with Crippen molar-refractivity contribution in [3.8, 4) is 0 Å². The van der Waals surface area contributed by atoms with Crippen LogP contribution in [0.25, 0.3) is 0 Å². The van der Waals surface area contributed by atoms with E-state index < -0.39 is 17.6 Å². The molecule has 0 spiro atoms. The van der Waals surface area contributed by atoms with Crippen LogP contribution in [0.1, 0.15) is 16.0 Å². The number of rotatable bonds is 4. The van der Waals surface area contributed by atoms with Crippen LogP contribution in [-0.4, -0.2) is 4.98 Å². The number of aromatic nitrogens is 1. The van der Waals surface area contributed by atoms with Gasteiger partial charge in [0.15, 0.2) is 0 Å². The molecule has 1 N–H and O–H groups in total. The lowest BCUT2D eigenvalue weighted by Gasteiger charge is -2.13. The number of hydrogen-bond donors (Lipinski definition) is 1. The Hall–Kier alpha value is -1.47. The predicted octanol–water partition coefficient (Wildman–Crippen LogP) is 3.59. The number of nitrogens with one attached hydrogen (secondary N) is 1. The summed E-state index contributed by atoms with van der Waals surface area (Å²) in [5.41, 5.74) is 0.735. The van der Waals surface area contributed by atoms with Gasteiger partial charge in [0, 0.05) is 24.2 Å². The summed E-state index contributed by atoms with van der Waals surface area (Å²) in [6.07, 6.45) is -2.91. The molecule has 1 heterocycles. The van der Waals surface area contributed by atoms with Crippen LogP contribution in [0.5, 0.6) is 0 Å². The third-order valence-corrected chi connectivity index (χ3v) is 3.26. The molecule has 0 aliphatic carbocycles.